The SMILES string of the molecule is COC(C)CCC(O)C(F)(F)F. The molecule has 2 atom stereocenters. The third-order valence-corrected chi connectivity index (χ3v) is 1.63. The van der Waals surface area contributed by atoms with E-state index in [0.717, 1.165) is 0 Å². The highest BCUT2D eigenvalue weighted by molar-refractivity contribution is 4.66. The molecule has 0 aliphatic heterocycles. The molecule has 0 heterocycles. The van der Waals surface area contributed by atoms with Gasteiger partial charge in [0.1, 0.15) is 6.10 Å². The molecule has 0 saturated carbocycles. The number of hydrogen-bond donors (Lipinski definition) is 1. The van der Waals surface area contributed by atoms with Gasteiger partial charge in [-0.2, -0.15) is 13.2 Å². The van der Waals surface area contributed by atoms with Crippen LogP contribution in [0.3, 0.4) is 0 Å². The standard InChI is InChI=1S/C7H13F3O2/c1-5(12-2)3-4-6(11)7(8,9)10/h5-6,11H,3-4H2,1-2H3. The summed E-state index contributed by atoms with van der Waals surface area (Å²) in [6.07, 6.45) is -7.08. The Hall–Kier alpha value is -0.290. The highest BCUT2D eigenvalue weighted by atomic mass is 19.4. The highest BCUT2D eigenvalue weighted by Crippen LogP contribution is 2.23. The molecule has 0 bridgehead atoms. The van der Waals surface area contributed by atoms with Crippen molar-refractivity contribution in [1.29, 1.82) is 0 Å². The molecular weight excluding hydrogens is 173 g/mol. The van der Waals surface area contributed by atoms with Crippen molar-refractivity contribution < 1.29 is 23.0 Å². The number of halogens is 3. The van der Waals surface area contributed by atoms with Crippen LogP contribution in [0.1, 0.15) is 19.8 Å². The molecular formula is C7H13F3O2. The van der Waals surface area contributed by atoms with Crippen LogP contribution in [0, 0.1) is 0 Å². The Balaban J connectivity index is 3.64. The lowest BCUT2D eigenvalue weighted by molar-refractivity contribution is -0.206. The van der Waals surface area contributed by atoms with Crippen LogP contribution in [0.15, 0.2) is 0 Å². The van der Waals surface area contributed by atoms with Crippen molar-refractivity contribution in [2.24, 2.45) is 0 Å². The van der Waals surface area contributed by atoms with Crippen molar-refractivity contribution in [2.75, 3.05) is 7.11 Å². The van der Waals surface area contributed by atoms with Gasteiger partial charge in [0.25, 0.3) is 0 Å². The monoisotopic (exact) mass is 186 g/mol. The maximum absolute atomic E-state index is 11.7. The van der Waals surface area contributed by atoms with Crippen LogP contribution >= 0.6 is 0 Å². The van der Waals surface area contributed by atoms with Gasteiger partial charge in [-0.25, -0.2) is 0 Å². The zero-order chi connectivity index (χ0) is 9.78. The van der Waals surface area contributed by atoms with Crippen LogP contribution in [0.4, 0.5) is 13.2 Å². The quantitative estimate of drug-likeness (QED) is 0.724. The Bertz CT molecular complexity index is 124. The van der Waals surface area contributed by atoms with Crippen molar-refractivity contribution in [1.82, 2.24) is 0 Å². The topological polar surface area (TPSA) is 29.5 Å². The number of aliphatic hydroxyl groups is 1. The van der Waals surface area contributed by atoms with E-state index < -0.39 is 12.3 Å². The smallest absolute Gasteiger partial charge is 0.384 e. The summed E-state index contributed by atoms with van der Waals surface area (Å²) in [6, 6.07) is 0. The number of rotatable bonds is 4. The second-order valence-corrected chi connectivity index (χ2v) is 2.68. The van der Waals surface area contributed by atoms with Crippen LogP contribution in [-0.2, 0) is 4.74 Å². The minimum absolute atomic E-state index is 0.206. The number of methoxy groups -OCH3 is 1. The van der Waals surface area contributed by atoms with E-state index in [1.807, 2.05) is 0 Å². The maximum Gasteiger partial charge on any atom is 0.414 e. The third-order valence-electron chi connectivity index (χ3n) is 1.63. The Morgan fingerprint density at radius 3 is 2.17 bits per heavy atom. The number of alkyl halides is 3. The van der Waals surface area contributed by atoms with Crippen molar-refractivity contribution >= 4 is 0 Å². The fraction of sp³-hybridized carbons (Fsp3) is 1.00. The molecule has 0 aromatic heterocycles. The molecule has 0 aliphatic rings. The average molecular weight is 186 g/mol. The lowest BCUT2D eigenvalue weighted by Gasteiger charge is -2.16. The predicted molar refractivity (Wildman–Crippen MR) is 37.8 cm³/mol. The normalized spacial score (nSPS) is 17.5. The molecule has 0 aromatic carbocycles. The largest absolute Gasteiger partial charge is 0.414 e. The highest BCUT2D eigenvalue weighted by Gasteiger charge is 2.37. The van der Waals surface area contributed by atoms with Crippen molar-refractivity contribution in [3.8, 4) is 0 Å². The van der Waals surface area contributed by atoms with Gasteiger partial charge in [-0.05, 0) is 19.8 Å². The van der Waals surface area contributed by atoms with Crippen LogP contribution < -0.4 is 0 Å². The molecule has 5 heteroatoms. The zero-order valence-electron chi connectivity index (χ0n) is 7.06. The third kappa shape index (κ3) is 4.56. The molecule has 0 radical (unpaired) electrons. The molecule has 0 amide bonds. The van der Waals surface area contributed by atoms with Gasteiger partial charge < -0.3 is 9.84 Å². The van der Waals surface area contributed by atoms with Gasteiger partial charge in [0.15, 0.2) is 0 Å². The van der Waals surface area contributed by atoms with Crippen molar-refractivity contribution in [2.45, 2.75) is 38.1 Å². The summed E-state index contributed by atoms with van der Waals surface area (Å²) in [4.78, 5) is 0. The molecule has 1 N–H and O–H groups in total. The average Bonchev–Trinajstić information content (AvgIpc) is 1.97. The lowest BCUT2D eigenvalue weighted by Crippen LogP contribution is -2.29. The molecule has 0 aromatic rings. The van der Waals surface area contributed by atoms with E-state index in [1.54, 1.807) is 6.92 Å². The van der Waals surface area contributed by atoms with Gasteiger partial charge in [-0.3, -0.25) is 0 Å². The first-order valence-electron chi connectivity index (χ1n) is 3.65. The first kappa shape index (κ1) is 11.7. The van der Waals surface area contributed by atoms with E-state index in [1.165, 1.54) is 7.11 Å². The Morgan fingerprint density at radius 1 is 1.33 bits per heavy atom. The zero-order valence-corrected chi connectivity index (χ0v) is 7.06. The van der Waals surface area contributed by atoms with Gasteiger partial charge in [-0.15, -0.1) is 0 Å². The van der Waals surface area contributed by atoms with E-state index >= 15 is 0 Å². The Labute approximate surface area is 69.3 Å². The first-order chi connectivity index (χ1) is 5.38. The Kier molecular flexibility index (Phi) is 4.55. The minimum atomic E-state index is -4.51. The summed E-state index contributed by atoms with van der Waals surface area (Å²) in [5.74, 6) is 0. The van der Waals surface area contributed by atoms with Gasteiger partial charge >= 0.3 is 6.18 Å². The van der Waals surface area contributed by atoms with Crippen molar-refractivity contribution in [3.05, 3.63) is 0 Å². The second-order valence-electron chi connectivity index (χ2n) is 2.68. The van der Waals surface area contributed by atoms with Crippen LogP contribution in [-0.4, -0.2) is 30.6 Å². The van der Waals surface area contributed by atoms with E-state index in [-0.39, 0.29) is 18.9 Å². The minimum Gasteiger partial charge on any atom is -0.384 e. The van der Waals surface area contributed by atoms with Gasteiger partial charge in [0, 0.05) is 7.11 Å². The van der Waals surface area contributed by atoms with E-state index in [9.17, 15) is 13.2 Å². The summed E-state index contributed by atoms with van der Waals surface area (Å²) in [6.45, 7) is 1.66. The fourth-order valence-electron chi connectivity index (χ4n) is 0.674. The van der Waals surface area contributed by atoms with Gasteiger partial charge in [0.05, 0.1) is 6.10 Å². The molecule has 2 unspecified atom stereocenters. The van der Waals surface area contributed by atoms with E-state index in [0.29, 0.717) is 0 Å². The van der Waals surface area contributed by atoms with E-state index in [4.69, 9.17) is 9.84 Å². The second kappa shape index (κ2) is 4.67. The predicted octanol–water partition coefficient (Wildman–Crippen LogP) is 1.72. The Morgan fingerprint density at radius 2 is 1.83 bits per heavy atom. The summed E-state index contributed by atoms with van der Waals surface area (Å²) in [5.41, 5.74) is 0. The van der Waals surface area contributed by atoms with Crippen molar-refractivity contribution in [3.63, 3.8) is 0 Å². The molecule has 0 spiro atoms. The molecule has 74 valence electrons. The van der Waals surface area contributed by atoms with Crippen LogP contribution in [0.2, 0.25) is 0 Å². The molecule has 0 rings (SSSR count). The molecule has 0 fully saturated rings. The van der Waals surface area contributed by atoms with Gasteiger partial charge in [-0.1, -0.05) is 0 Å². The number of ether oxygens (including phenoxy) is 1. The van der Waals surface area contributed by atoms with Crippen LogP contribution in [0.25, 0.3) is 0 Å². The molecule has 2 nitrogen and oxygen atoms in total. The van der Waals surface area contributed by atoms with Crippen LogP contribution in [0.5, 0.6) is 0 Å². The summed E-state index contributed by atoms with van der Waals surface area (Å²) in [5, 5.41) is 8.55. The maximum atomic E-state index is 11.7. The summed E-state index contributed by atoms with van der Waals surface area (Å²) in [7, 11) is 1.42. The van der Waals surface area contributed by atoms with E-state index in [2.05, 4.69) is 0 Å². The number of aliphatic hydroxyl groups excluding tert-OH is 1. The lowest BCUT2D eigenvalue weighted by atomic mass is 10.1. The first-order valence-corrected chi connectivity index (χ1v) is 3.65. The molecule has 12 heavy (non-hydrogen) atoms. The fourth-order valence-corrected chi connectivity index (χ4v) is 0.674. The van der Waals surface area contributed by atoms with Gasteiger partial charge in [0.2, 0.25) is 0 Å². The summed E-state index contributed by atoms with van der Waals surface area (Å²) >= 11 is 0. The summed E-state index contributed by atoms with van der Waals surface area (Å²) < 4.78 is 39.9. The molecule has 0 saturated heterocycles. The number of hydrogen-bond acceptors (Lipinski definition) is 2. The molecule has 0 aliphatic carbocycles.